The molecule has 0 spiro atoms. The molecule has 1 heterocycles. The number of halogens is 5. The SMILES string of the molecule is COC(=O)c1c(C(F)F)nc(C(F)(F)F)c(C(=O)O)c1NC1(C)CC1. The lowest BCUT2D eigenvalue weighted by Gasteiger charge is -2.22. The number of aromatic carboxylic acids is 1. The molecule has 0 saturated heterocycles. The van der Waals surface area contributed by atoms with E-state index in [1.807, 2.05) is 0 Å². The fourth-order valence-electron chi connectivity index (χ4n) is 2.22. The first-order valence-corrected chi connectivity index (χ1v) is 6.94. The minimum atomic E-state index is -5.31. The van der Waals surface area contributed by atoms with Crippen molar-refractivity contribution in [2.24, 2.45) is 0 Å². The van der Waals surface area contributed by atoms with E-state index in [1.54, 1.807) is 6.92 Å². The summed E-state index contributed by atoms with van der Waals surface area (Å²) in [5.41, 5.74) is -7.58. The van der Waals surface area contributed by atoms with Gasteiger partial charge in [0.15, 0.2) is 5.69 Å². The Morgan fingerprint density at radius 2 is 1.84 bits per heavy atom. The second kappa shape index (κ2) is 6.12. The van der Waals surface area contributed by atoms with E-state index in [0.717, 1.165) is 7.11 Å². The fraction of sp³-hybridized carbons (Fsp3) is 0.500. The normalized spacial score (nSPS) is 15.8. The number of rotatable bonds is 5. The van der Waals surface area contributed by atoms with Crippen molar-refractivity contribution < 1.29 is 41.4 Å². The number of esters is 1. The van der Waals surface area contributed by atoms with E-state index in [4.69, 9.17) is 0 Å². The topological polar surface area (TPSA) is 88.5 Å². The van der Waals surface area contributed by atoms with Crippen LogP contribution in [0.25, 0.3) is 0 Å². The Morgan fingerprint density at radius 3 is 2.20 bits per heavy atom. The monoisotopic (exact) mass is 368 g/mol. The average Bonchev–Trinajstić information content (AvgIpc) is 3.20. The Balaban J connectivity index is 2.91. The Morgan fingerprint density at radius 1 is 1.28 bits per heavy atom. The van der Waals surface area contributed by atoms with E-state index >= 15 is 0 Å². The number of carboxylic acid groups (broad SMARTS) is 1. The second-order valence-corrected chi connectivity index (χ2v) is 5.75. The summed E-state index contributed by atoms with van der Waals surface area (Å²) in [5.74, 6) is -3.47. The van der Waals surface area contributed by atoms with E-state index in [-0.39, 0.29) is 0 Å². The molecular weight excluding hydrogens is 355 g/mol. The quantitative estimate of drug-likeness (QED) is 0.611. The Hall–Kier alpha value is -2.46. The van der Waals surface area contributed by atoms with E-state index < -0.39 is 58.3 Å². The Kier molecular flexibility index (Phi) is 4.62. The van der Waals surface area contributed by atoms with Gasteiger partial charge in [0.2, 0.25) is 0 Å². The smallest absolute Gasteiger partial charge is 0.434 e. The predicted molar refractivity (Wildman–Crippen MR) is 73.8 cm³/mol. The molecule has 2 N–H and O–H groups in total. The van der Waals surface area contributed by atoms with Crippen LogP contribution < -0.4 is 5.32 Å². The van der Waals surface area contributed by atoms with Gasteiger partial charge in [-0.05, 0) is 19.8 Å². The van der Waals surface area contributed by atoms with Gasteiger partial charge in [0.05, 0.1) is 12.8 Å². The van der Waals surface area contributed by atoms with Crippen molar-refractivity contribution in [3.8, 4) is 0 Å². The zero-order chi connectivity index (χ0) is 19.2. The standard InChI is InChI=1S/C14H13F5N2O4/c1-13(3-4-13)21-7-5(12(24)25-2)8(10(15)16)20-9(14(17,18)19)6(7)11(22)23/h10H,3-4H2,1-2H3,(H,20,21)(H,22,23). The maximum Gasteiger partial charge on any atom is 0.434 e. The molecule has 0 unspecified atom stereocenters. The first-order chi connectivity index (χ1) is 11.4. The third kappa shape index (κ3) is 3.64. The summed E-state index contributed by atoms with van der Waals surface area (Å²) in [4.78, 5) is 26.1. The summed E-state index contributed by atoms with van der Waals surface area (Å²) in [7, 11) is 0.832. The lowest BCUT2D eigenvalue weighted by molar-refractivity contribution is -0.142. The second-order valence-electron chi connectivity index (χ2n) is 5.75. The highest BCUT2D eigenvalue weighted by atomic mass is 19.4. The molecule has 0 aromatic carbocycles. The number of ether oxygens (including phenoxy) is 1. The van der Waals surface area contributed by atoms with Gasteiger partial charge in [0.25, 0.3) is 6.43 Å². The van der Waals surface area contributed by atoms with Crippen LogP contribution in [0.4, 0.5) is 27.6 Å². The van der Waals surface area contributed by atoms with Crippen LogP contribution >= 0.6 is 0 Å². The number of carbonyl (C=O) groups is 2. The molecule has 25 heavy (non-hydrogen) atoms. The van der Waals surface area contributed by atoms with Gasteiger partial charge >= 0.3 is 18.1 Å². The molecule has 0 amide bonds. The van der Waals surface area contributed by atoms with Crippen LogP contribution in [0.15, 0.2) is 0 Å². The van der Waals surface area contributed by atoms with Gasteiger partial charge in [0.1, 0.15) is 16.8 Å². The molecule has 0 bridgehead atoms. The minimum absolute atomic E-state index is 0.459. The first kappa shape index (κ1) is 18.9. The van der Waals surface area contributed by atoms with Gasteiger partial charge in [0, 0.05) is 5.54 Å². The van der Waals surface area contributed by atoms with Crippen molar-refractivity contribution in [2.45, 2.75) is 37.9 Å². The third-order valence-electron chi connectivity index (χ3n) is 3.73. The number of pyridine rings is 1. The molecule has 0 atom stereocenters. The Bertz CT molecular complexity index is 729. The molecule has 0 aliphatic heterocycles. The summed E-state index contributed by atoms with van der Waals surface area (Å²) in [6.07, 6.45) is -7.95. The number of carboxylic acids is 1. The van der Waals surface area contributed by atoms with Gasteiger partial charge in [-0.25, -0.2) is 23.4 Å². The predicted octanol–water partition coefficient (Wildman–Crippen LogP) is 3.49. The van der Waals surface area contributed by atoms with Crippen molar-refractivity contribution in [3.63, 3.8) is 0 Å². The molecule has 6 nitrogen and oxygen atoms in total. The van der Waals surface area contributed by atoms with Crippen molar-refractivity contribution >= 4 is 17.6 Å². The highest BCUT2D eigenvalue weighted by Gasteiger charge is 2.46. The number of carbonyl (C=O) groups excluding carboxylic acids is 1. The molecule has 1 aliphatic rings. The van der Waals surface area contributed by atoms with Crippen LogP contribution in [0.1, 0.15) is 58.3 Å². The number of hydrogen-bond acceptors (Lipinski definition) is 5. The number of hydrogen-bond donors (Lipinski definition) is 2. The number of anilines is 1. The summed E-state index contributed by atoms with van der Waals surface area (Å²) >= 11 is 0. The van der Waals surface area contributed by atoms with E-state index in [0.29, 0.717) is 12.8 Å². The van der Waals surface area contributed by atoms with Gasteiger partial charge in [-0.2, -0.15) is 13.2 Å². The molecule has 0 radical (unpaired) electrons. The number of nitrogens with zero attached hydrogens (tertiary/aromatic N) is 1. The molecule has 1 aromatic heterocycles. The number of aromatic nitrogens is 1. The van der Waals surface area contributed by atoms with Crippen LogP contribution in [-0.2, 0) is 10.9 Å². The number of nitrogens with one attached hydrogen (secondary N) is 1. The molecule has 2 rings (SSSR count). The van der Waals surface area contributed by atoms with Crippen LogP contribution in [0.5, 0.6) is 0 Å². The number of alkyl halides is 5. The number of methoxy groups -OCH3 is 1. The minimum Gasteiger partial charge on any atom is -0.478 e. The lowest BCUT2D eigenvalue weighted by Crippen LogP contribution is -2.27. The largest absolute Gasteiger partial charge is 0.478 e. The zero-order valence-corrected chi connectivity index (χ0v) is 13.0. The molecule has 11 heteroatoms. The average molecular weight is 368 g/mol. The summed E-state index contributed by atoms with van der Waals surface area (Å²) < 4.78 is 70.4. The molecule has 1 aliphatic carbocycles. The summed E-state index contributed by atoms with van der Waals surface area (Å²) in [6.45, 7) is 1.55. The maximum absolute atomic E-state index is 13.2. The van der Waals surface area contributed by atoms with Crippen molar-refractivity contribution in [1.29, 1.82) is 0 Å². The van der Waals surface area contributed by atoms with Crippen LogP contribution in [0.2, 0.25) is 0 Å². The highest BCUT2D eigenvalue weighted by molar-refractivity contribution is 6.05. The molecular formula is C14H13F5N2O4. The molecule has 1 aromatic rings. The zero-order valence-electron chi connectivity index (χ0n) is 13.0. The maximum atomic E-state index is 13.2. The Labute approximate surface area is 138 Å². The molecule has 138 valence electrons. The van der Waals surface area contributed by atoms with Gasteiger partial charge < -0.3 is 15.2 Å². The summed E-state index contributed by atoms with van der Waals surface area (Å²) in [6, 6.07) is 0. The van der Waals surface area contributed by atoms with Crippen molar-refractivity contribution in [1.82, 2.24) is 4.98 Å². The van der Waals surface area contributed by atoms with Crippen LogP contribution in [0, 0.1) is 0 Å². The summed E-state index contributed by atoms with van der Waals surface area (Å²) in [5, 5.41) is 11.7. The van der Waals surface area contributed by atoms with E-state index in [1.165, 1.54) is 0 Å². The first-order valence-electron chi connectivity index (χ1n) is 6.94. The van der Waals surface area contributed by atoms with Crippen molar-refractivity contribution in [3.05, 3.63) is 22.5 Å². The van der Waals surface area contributed by atoms with E-state index in [9.17, 15) is 36.6 Å². The fourth-order valence-corrected chi connectivity index (χ4v) is 2.22. The van der Waals surface area contributed by atoms with E-state index in [2.05, 4.69) is 15.0 Å². The highest BCUT2D eigenvalue weighted by Crippen LogP contribution is 2.44. The van der Waals surface area contributed by atoms with Gasteiger partial charge in [-0.3, -0.25) is 0 Å². The van der Waals surface area contributed by atoms with Crippen molar-refractivity contribution in [2.75, 3.05) is 12.4 Å². The molecule has 1 fully saturated rings. The third-order valence-corrected chi connectivity index (χ3v) is 3.73. The lowest BCUT2D eigenvalue weighted by atomic mass is 10.0. The van der Waals surface area contributed by atoms with Crippen LogP contribution in [-0.4, -0.2) is 34.7 Å². The molecule has 1 saturated carbocycles. The van der Waals surface area contributed by atoms with Gasteiger partial charge in [-0.15, -0.1) is 0 Å². The van der Waals surface area contributed by atoms with Crippen LogP contribution in [0.3, 0.4) is 0 Å². The van der Waals surface area contributed by atoms with Gasteiger partial charge in [-0.1, -0.05) is 0 Å².